The van der Waals surface area contributed by atoms with Crippen molar-refractivity contribution in [3.05, 3.63) is 30.1 Å². The van der Waals surface area contributed by atoms with Crippen LogP contribution < -0.4 is 5.32 Å². The van der Waals surface area contributed by atoms with E-state index >= 15 is 0 Å². The second kappa shape index (κ2) is 4.18. The second-order valence-electron chi connectivity index (χ2n) is 3.37. The van der Waals surface area contributed by atoms with Gasteiger partial charge in [-0.05, 0) is 31.2 Å². The predicted octanol–water partition coefficient (Wildman–Crippen LogP) is 1.17. The van der Waals surface area contributed by atoms with Crippen molar-refractivity contribution < 1.29 is 24.2 Å². The Labute approximate surface area is 90.5 Å². The number of halogens is 1. The van der Waals surface area contributed by atoms with Gasteiger partial charge in [0.1, 0.15) is 5.82 Å². The summed E-state index contributed by atoms with van der Waals surface area (Å²) in [5.41, 5.74) is -1.92. The highest BCUT2D eigenvalue weighted by Crippen LogP contribution is 2.16. The maximum absolute atomic E-state index is 12.6. The molecule has 0 aromatic heterocycles. The number of hydrogen-bond acceptors (Lipinski definition) is 3. The van der Waals surface area contributed by atoms with E-state index in [2.05, 4.69) is 5.32 Å². The molecule has 0 amide bonds. The third-order valence-corrected chi connectivity index (χ3v) is 2.09. The van der Waals surface area contributed by atoms with Gasteiger partial charge in [0.05, 0.1) is 0 Å². The lowest BCUT2D eigenvalue weighted by Crippen LogP contribution is -2.50. The molecular weight excluding hydrogens is 217 g/mol. The van der Waals surface area contributed by atoms with Crippen LogP contribution in [0.5, 0.6) is 0 Å². The zero-order chi connectivity index (χ0) is 12.3. The molecule has 0 unspecified atom stereocenters. The number of aliphatic carboxylic acids is 2. The Bertz CT molecular complexity index is 401. The van der Waals surface area contributed by atoms with E-state index in [1.54, 1.807) is 0 Å². The number of rotatable bonds is 4. The Hall–Kier alpha value is -2.11. The second-order valence-corrected chi connectivity index (χ2v) is 3.37. The number of hydrogen-bond donors (Lipinski definition) is 3. The van der Waals surface area contributed by atoms with Crippen LogP contribution in [0.25, 0.3) is 0 Å². The van der Waals surface area contributed by atoms with Crippen LogP contribution in [0.1, 0.15) is 6.92 Å². The van der Waals surface area contributed by atoms with E-state index in [-0.39, 0.29) is 5.69 Å². The van der Waals surface area contributed by atoms with Gasteiger partial charge in [-0.1, -0.05) is 0 Å². The Kier molecular flexibility index (Phi) is 3.12. The molecule has 0 radical (unpaired) electrons. The molecule has 6 heteroatoms. The first-order valence-electron chi connectivity index (χ1n) is 4.37. The van der Waals surface area contributed by atoms with Crippen LogP contribution in [0, 0.1) is 5.82 Å². The SMILES string of the molecule is CC(Nc1ccc(F)cc1)(C(=O)O)C(=O)O. The molecule has 86 valence electrons. The smallest absolute Gasteiger partial charge is 0.340 e. The van der Waals surface area contributed by atoms with E-state index in [1.165, 1.54) is 12.1 Å². The monoisotopic (exact) mass is 227 g/mol. The minimum atomic E-state index is -2.14. The van der Waals surface area contributed by atoms with Crippen molar-refractivity contribution in [3.63, 3.8) is 0 Å². The van der Waals surface area contributed by atoms with E-state index in [1.807, 2.05) is 0 Å². The molecular formula is C10H10FNO4. The molecule has 0 saturated heterocycles. The summed E-state index contributed by atoms with van der Waals surface area (Å²) in [5, 5.41) is 19.9. The van der Waals surface area contributed by atoms with Crippen molar-refractivity contribution in [2.75, 3.05) is 5.32 Å². The molecule has 0 aliphatic heterocycles. The Morgan fingerprint density at radius 3 is 2.00 bits per heavy atom. The molecule has 0 bridgehead atoms. The van der Waals surface area contributed by atoms with Crippen molar-refractivity contribution in [2.45, 2.75) is 12.5 Å². The Balaban J connectivity index is 2.97. The maximum Gasteiger partial charge on any atom is 0.340 e. The Morgan fingerprint density at radius 1 is 1.19 bits per heavy atom. The summed E-state index contributed by atoms with van der Waals surface area (Å²) in [7, 11) is 0. The standard InChI is InChI=1S/C10H10FNO4/c1-10(8(13)14,9(15)16)12-7-4-2-6(11)3-5-7/h2-5,12H,1H3,(H,13,14)(H,15,16). The lowest BCUT2D eigenvalue weighted by molar-refractivity contribution is -0.154. The molecule has 3 N–H and O–H groups in total. The lowest BCUT2D eigenvalue weighted by Gasteiger charge is -2.22. The summed E-state index contributed by atoms with van der Waals surface area (Å²) >= 11 is 0. The van der Waals surface area contributed by atoms with Crippen molar-refractivity contribution in [3.8, 4) is 0 Å². The van der Waals surface area contributed by atoms with E-state index in [0.29, 0.717) is 0 Å². The largest absolute Gasteiger partial charge is 0.479 e. The zero-order valence-electron chi connectivity index (χ0n) is 8.40. The average Bonchev–Trinajstić information content (AvgIpc) is 2.20. The number of carboxylic acids is 2. The summed E-state index contributed by atoms with van der Waals surface area (Å²) < 4.78 is 12.6. The van der Waals surface area contributed by atoms with Crippen molar-refractivity contribution >= 4 is 17.6 Å². The number of nitrogens with one attached hydrogen (secondary N) is 1. The molecule has 0 atom stereocenters. The first kappa shape index (κ1) is 12.0. The van der Waals surface area contributed by atoms with Crippen LogP contribution >= 0.6 is 0 Å². The van der Waals surface area contributed by atoms with Gasteiger partial charge in [-0.3, -0.25) is 0 Å². The highest BCUT2D eigenvalue weighted by Gasteiger charge is 2.41. The van der Waals surface area contributed by atoms with Gasteiger partial charge in [0.25, 0.3) is 0 Å². The van der Waals surface area contributed by atoms with Crippen LogP contribution in [0.15, 0.2) is 24.3 Å². The minimum Gasteiger partial charge on any atom is -0.479 e. The van der Waals surface area contributed by atoms with Crippen LogP contribution in [0.2, 0.25) is 0 Å². The highest BCUT2D eigenvalue weighted by molar-refractivity contribution is 6.05. The molecule has 0 aliphatic rings. The van der Waals surface area contributed by atoms with Gasteiger partial charge < -0.3 is 15.5 Å². The van der Waals surface area contributed by atoms with Gasteiger partial charge in [0.2, 0.25) is 5.54 Å². The summed E-state index contributed by atoms with van der Waals surface area (Å²) in [6.45, 7) is 1.01. The van der Waals surface area contributed by atoms with Crippen molar-refractivity contribution in [2.24, 2.45) is 0 Å². The van der Waals surface area contributed by atoms with Crippen LogP contribution in [0.4, 0.5) is 10.1 Å². The van der Waals surface area contributed by atoms with Gasteiger partial charge in [-0.15, -0.1) is 0 Å². The molecule has 0 fully saturated rings. The van der Waals surface area contributed by atoms with Crippen LogP contribution in [-0.2, 0) is 9.59 Å². The van der Waals surface area contributed by atoms with Gasteiger partial charge >= 0.3 is 11.9 Å². The average molecular weight is 227 g/mol. The van der Waals surface area contributed by atoms with Gasteiger partial charge in [0.15, 0.2) is 0 Å². The first-order chi connectivity index (χ1) is 7.36. The number of benzene rings is 1. The fourth-order valence-corrected chi connectivity index (χ4v) is 1.02. The Morgan fingerprint density at radius 2 is 1.62 bits per heavy atom. The van der Waals surface area contributed by atoms with Crippen molar-refractivity contribution in [1.82, 2.24) is 0 Å². The molecule has 0 heterocycles. The summed E-state index contributed by atoms with van der Waals surface area (Å²) in [6.07, 6.45) is 0. The molecule has 1 aromatic carbocycles. The van der Waals surface area contributed by atoms with Crippen LogP contribution in [0.3, 0.4) is 0 Å². The first-order valence-corrected chi connectivity index (χ1v) is 4.37. The molecule has 0 saturated carbocycles. The molecule has 0 spiro atoms. The van der Waals surface area contributed by atoms with Gasteiger partial charge in [0, 0.05) is 5.69 Å². The van der Waals surface area contributed by atoms with Gasteiger partial charge in [-0.25, -0.2) is 14.0 Å². The highest BCUT2D eigenvalue weighted by atomic mass is 19.1. The maximum atomic E-state index is 12.6. The number of carbonyl (C=O) groups is 2. The molecule has 5 nitrogen and oxygen atoms in total. The molecule has 1 rings (SSSR count). The fraction of sp³-hybridized carbons (Fsp3) is 0.200. The van der Waals surface area contributed by atoms with Crippen LogP contribution in [-0.4, -0.2) is 27.7 Å². The number of carboxylic acid groups (broad SMARTS) is 2. The fourth-order valence-electron chi connectivity index (χ4n) is 1.02. The minimum absolute atomic E-state index is 0.216. The van der Waals surface area contributed by atoms with E-state index in [4.69, 9.17) is 10.2 Å². The predicted molar refractivity (Wildman–Crippen MR) is 53.7 cm³/mol. The van der Waals surface area contributed by atoms with Gasteiger partial charge in [-0.2, -0.15) is 0 Å². The third kappa shape index (κ3) is 2.28. The third-order valence-electron chi connectivity index (χ3n) is 2.09. The molecule has 0 aliphatic carbocycles. The van der Waals surface area contributed by atoms with E-state index < -0.39 is 23.3 Å². The summed E-state index contributed by atoms with van der Waals surface area (Å²) in [6, 6.07) is 4.73. The normalized spacial score (nSPS) is 10.9. The topological polar surface area (TPSA) is 86.6 Å². The molecule has 16 heavy (non-hydrogen) atoms. The lowest BCUT2D eigenvalue weighted by atomic mass is 10.0. The summed E-state index contributed by atoms with van der Waals surface area (Å²) in [4.78, 5) is 21.6. The van der Waals surface area contributed by atoms with Crippen molar-refractivity contribution in [1.29, 1.82) is 0 Å². The summed E-state index contributed by atoms with van der Waals surface area (Å²) in [5.74, 6) is -3.54. The number of anilines is 1. The quantitative estimate of drug-likeness (QED) is 0.672. The van der Waals surface area contributed by atoms with E-state index in [0.717, 1.165) is 19.1 Å². The molecule has 1 aromatic rings. The zero-order valence-corrected chi connectivity index (χ0v) is 8.40. The van der Waals surface area contributed by atoms with E-state index in [9.17, 15) is 14.0 Å².